The van der Waals surface area contributed by atoms with E-state index in [1.165, 1.54) is 0 Å². The van der Waals surface area contributed by atoms with Gasteiger partial charge in [0.2, 0.25) is 0 Å². The number of nitrogens with zero attached hydrogens (tertiary/aromatic N) is 3. The standard InChI is InChI=1S/C23H22N4O3/c1-15-19(23(28)25-12-16-7-6-8-17(11-16)29-2)13-24-22-20(14-26-27(15)22)18-9-4-5-10-21(18)30-3/h4-11,13-14H,12H2,1-3H3,(H,25,28). The molecule has 1 N–H and O–H groups in total. The average Bonchev–Trinajstić information content (AvgIpc) is 3.22. The molecule has 152 valence electrons. The molecule has 2 aromatic heterocycles. The van der Waals surface area contributed by atoms with Crippen LogP contribution in [0.4, 0.5) is 0 Å². The quantitative estimate of drug-likeness (QED) is 0.533. The van der Waals surface area contributed by atoms with Gasteiger partial charge in [-0.2, -0.15) is 5.10 Å². The first-order valence-corrected chi connectivity index (χ1v) is 9.50. The van der Waals surface area contributed by atoms with E-state index in [0.717, 1.165) is 28.2 Å². The van der Waals surface area contributed by atoms with E-state index in [4.69, 9.17) is 9.47 Å². The molecule has 1 amide bonds. The molecule has 2 heterocycles. The van der Waals surface area contributed by atoms with Crippen LogP contribution in [-0.4, -0.2) is 34.7 Å². The lowest BCUT2D eigenvalue weighted by molar-refractivity contribution is 0.0949. The lowest BCUT2D eigenvalue weighted by atomic mass is 10.1. The summed E-state index contributed by atoms with van der Waals surface area (Å²) in [6.07, 6.45) is 3.33. The lowest BCUT2D eigenvalue weighted by Gasteiger charge is -2.10. The summed E-state index contributed by atoms with van der Waals surface area (Å²) in [5.41, 5.74) is 4.55. The normalized spacial score (nSPS) is 10.8. The molecule has 0 aliphatic heterocycles. The predicted octanol–water partition coefficient (Wildman–Crippen LogP) is 3.65. The van der Waals surface area contributed by atoms with Gasteiger partial charge in [-0.05, 0) is 30.7 Å². The summed E-state index contributed by atoms with van der Waals surface area (Å²) in [5, 5.41) is 7.39. The van der Waals surface area contributed by atoms with Gasteiger partial charge < -0.3 is 14.8 Å². The van der Waals surface area contributed by atoms with E-state index < -0.39 is 0 Å². The minimum atomic E-state index is -0.209. The molecule has 2 aromatic carbocycles. The number of ether oxygens (including phenoxy) is 2. The van der Waals surface area contributed by atoms with Crippen molar-refractivity contribution in [2.45, 2.75) is 13.5 Å². The lowest BCUT2D eigenvalue weighted by Crippen LogP contribution is -2.24. The van der Waals surface area contributed by atoms with E-state index in [-0.39, 0.29) is 5.91 Å². The van der Waals surface area contributed by atoms with Crippen molar-refractivity contribution in [2.24, 2.45) is 0 Å². The van der Waals surface area contributed by atoms with Gasteiger partial charge in [0.05, 0.1) is 37.2 Å². The summed E-state index contributed by atoms with van der Waals surface area (Å²) in [6, 6.07) is 15.3. The highest BCUT2D eigenvalue weighted by Crippen LogP contribution is 2.32. The topological polar surface area (TPSA) is 77.8 Å². The summed E-state index contributed by atoms with van der Waals surface area (Å²) in [6.45, 7) is 2.24. The molecule has 0 saturated carbocycles. The Kier molecular flexibility index (Phi) is 5.34. The number of fused-ring (bicyclic) bond motifs is 1. The van der Waals surface area contributed by atoms with E-state index in [2.05, 4.69) is 15.4 Å². The van der Waals surface area contributed by atoms with Gasteiger partial charge in [-0.15, -0.1) is 0 Å². The van der Waals surface area contributed by atoms with Gasteiger partial charge in [-0.25, -0.2) is 9.50 Å². The summed E-state index contributed by atoms with van der Waals surface area (Å²) in [4.78, 5) is 17.3. The van der Waals surface area contributed by atoms with E-state index in [0.29, 0.717) is 23.4 Å². The SMILES string of the molecule is COc1cccc(CNC(=O)c2cnc3c(-c4ccccc4OC)cnn3c2C)c1. The van der Waals surface area contributed by atoms with E-state index in [1.54, 1.807) is 31.1 Å². The monoisotopic (exact) mass is 402 g/mol. The number of para-hydroxylation sites is 1. The van der Waals surface area contributed by atoms with Crippen LogP contribution in [0, 0.1) is 6.92 Å². The highest BCUT2D eigenvalue weighted by molar-refractivity contribution is 5.95. The Morgan fingerprint density at radius 3 is 2.67 bits per heavy atom. The van der Waals surface area contributed by atoms with Crippen molar-refractivity contribution in [1.29, 1.82) is 0 Å². The van der Waals surface area contributed by atoms with Crippen LogP contribution in [0.2, 0.25) is 0 Å². The van der Waals surface area contributed by atoms with Gasteiger partial charge in [0.25, 0.3) is 5.91 Å². The Bertz CT molecular complexity index is 1220. The fourth-order valence-electron chi connectivity index (χ4n) is 3.38. The molecule has 4 rings (SSSR count). The number of carbonyl (C=O) groups excluding carboxylic acids is 1. The van der Waals surface area contributed by atoms with Gasteiger partial charge in [-0.1, -0.05) is 30.3 Å². The third-order valence-corrected chi connectivity index (χ3v) is 5.00. The number of hydrogen-bond acceptors (Lipinski definition) is 5. The molecular weight excluding hydrogens is 380 g/mol. The minimum absolute atomic E-state index is 0.209. The Morgan fingerprint density at radius 2 is 1.87 bits per heavy atom. The van der Waals surface area contributed by atoms with E-state index in [1.807, 2.05) is 55.5 Å². The zero-order valence-electron chi connectivity index (χ0n) is 17.0. The molecule has 7 heteroatoms. The molecule has 0 unspecified atom stereocenters. The Labute approximate surface area is 174 Å². The number of methoxy groups -OCH3 is 2. The molecule has 0 aliphatic carbocycles. The minimum Gasteiger partial charge on any atom is -0.497 e. The van der Waals surface area contributed by atoms with Crippen molar-refractivity contribution in [2.75, 3.05) is 14.2 Å². The number of hydrogen-bond donors (Lipinski definition) is 1. The summed E-state index contributed by atoms with van der Waals surface area (Å²) < 4.78 is 12.4. The number of rotatable bonds is 6. The van der Waals surface area contributed by atoms with E-state index in [9.17, 15) is 4.79 Å². The molecule has 7 nitrogen and oxygen atoms in total. The van der Waals surface area contributed by atoms with Gasteiger partial charge >= 0.3 is 0 Å². The third-order valence-electron chi connectivity index (χ3n) is 5.00. The number of amides is 1. The highest BCUT2D eigenvalue weighted by Gasteiger charge is 2.17. The van der Waals surface area contributed by atoms with Crippen molar-refractivity contribution in [3.8, 4) is 22.6 Å². The van der Waals surface area contributed by atoms with Crippen molar-refractivity contribution >= 4 is 11.6 Å². The van der Waals surface area contributed by atoms with Gasteiger partial charge in [0, 0.05) is 18.3 Å². The first kappa shape index (κ1) is 19.4. The number of aryl methyl sites for hydroxylation is 1. The van der Waals surface area contributed by atoms with Crippen LogP contribution < -0.4 is 14.8 Å². The Morgan fingerprint density at radius 1 is 1.03 bits per heavy atom. The Hall–Kier alpha value is -3.87. The number of aromatic nitrogens is 3. The molecule has 0 aliphatic rings. The van der Waals surface area contributed by atoms with Crippen molar-refractivity contribution < 1.29 is 14.3 Å². The largest absolute Gasteiger partial charge is 0.497 e. The van der Waals surface area contributed by atoms with Gasteiger partial charge in [-0.3, -0.25) is 4.79 Å². The second-order valence-electron chi connectivity index (χ2n) is 6.79. The second kappa shape index (κ2) is 8.24. The van der Waals surface area contributed by atoms with Gasteiger partial charge in [0.1, 0.15) is 11.5 Å². The molecule has 30 heavy (non-hydrogen) atoms. The third kappa shape index (κ3) is 3.57. The fraction of sp³-hybridized carbons (Fsp3) is 0.174. The van der Waals surface area contributed by atoms with Crippen LogP contribution in [0.1, 0.15) is 21.6 Å². The van der Waals surface area contributed by atoms with Crippen molar-refractivity contribution in [3.63, 3.8) is 0 Å². The summed E-state index contributed by atoms with van der Waals surface area (Å²) in [5.74, 6) is 1.28. The summed E-state index contributed by atoms with van der Waals surface area (Å²) >= 11 is 0. The molecule has 0 fully saturated rings. The molecule has 0 spiro atoms. The number of nitrogens with one attached hydrogen (secondary N) is 1. The van der Waals surface area contributed by atoms with Crippen LogP contribution in [-0.2, 0) is 6.54 Å². The molecule has 0 saturated heterocycles. The molecule has 4 aromatic rings. The fourth-order valence-corrected chi connectivity index (χ4v) is 3.38. The maximum absolute atomic E-state index is 12.8. The Balaban J connectivity index is 1.61. The maximum atomic E-state index is 12.8. The second-order valence-corrected chi connectivity index (χ2v) is 6.79. The maximum Gasteiger partial charge on any atom is 0.254 e. The van der Waals surface area contributed by atoms with Gasteiger partial charge in [0.15, 0.2) is 5.65 Å². The molecule has 0 bridgehead atoms. The van der Waals surface area contributed by atoms with Crippen molar-refractivity contribution in [1.82, 2.24) is 19.9 Å². The van der Waals surface area contributed by atoms with E-state index >= 15 is 0 Å². The van der Waals surface area contributed by atoms with Crippen LogP contribution in [0.5, 0.6) is 11.5 Å². The highest BCUT2D eigenvalue weighted by atomic mass is 16.5. The zero-order chi connectivity index (χ0) is 21.1. The molecular formula is C23H22N4O3. The zero-order valence-corrected chi connectivity index (χ0v) is 17.0. The predicted molar refractivity (Wildman–Crippen MR) is 114 cm³/mol. The number of benzene rings is 2. The number of carbonyl (C=O) groups is 1. The van der Waals surface area contributed by atoms with Crippen LogP contribution in [0.25, 0.3) is 16.8 Å². The van der Waals surface area contributed by atoms with Crippen molar-refractivity contribution in [3.05, 3.63) is 77.7 Å². The average molecular weight is 402 g/mol. The molecule has 0 atom stereocenters. The first-order valence-electron chi connectivity index (χ1n) is 9.50. The smallest absolute Gasteiger partial charge is 0.254 e. The summed E-state index contributed by atoms with van der Waals surface area (Å²) in [7, 11) is 3.25. The van der Waals surface area contributed by atoms with Crippen LogP contribution >= 0.6 is 0 Å². The van der Waals surface area contributed by atoms with Crippen LogP contribution in [0.3, 0.4) is 0 Å². The van der Waals surface area contributed by atoms with Crippen LogP contribution in [0.15, 0.2) is 60.9 Å². The molecule has 0 radical (unpaired) electrons. The first-order chi connectivity index (χ1) is 14.6.